The number of halogens is 1. The Balaban J connectivity index is 2.10. The van der Waals surface area contributed by atoms with Crippen molar-refractivity contribution in [2.24, 2.45) is 0 Å². The Morgan fingerprint density at radius 1 is 1.63 bits per heavy atom. The molecule has 1 aliphatic rings. The molecule has 104 valence electrons. The highest BCUT2D eigenvalue weighted by Crippen LogP contribution is 2.22. The summed E-state index contributed by atoms with van der Waals surface area (Å²) in [4.78, 5) is 12.0. The van der Waals surface area contributed by atoms with Crippen LogP contribution in [0.5, 0.6) is 0 Å². The number of benzene rings is 1. The average molecular weight is 284 g/mol. The van der Waals surface area contributed by atoms with Crippen molar-refractivity contribution in [3.05, 3.63) is 29.3 Å². The van der Waals surface area contributed by atoms with Crippen LogP contribution >= 0.6 is 11.6 Å². The fourth-order valence-electron chi connectivity index (χ4n) is 2.16. The van der Waals surface area contributed by atoms with Gasteiger partial charge in [-0.1, -0.05) is 17.7 Å². The zero-order chi connectivity index (χ0) is 13.7. The minimum Gasteiger partial charge on any atom is -0.464 e. The molecule has 0 spiro atoms. The summed E-state index contributed by atoms with van der Waals surface area (Å²) in [6.07, 6.45) is 1.69. The number of anilines is 1. The number of esters is 1. The molecule has 1 heterocycles. The van der Waals surface area contributed by atoms with Gasteiger partial charge in [-0.25, -0.2) is 4.79 Å². The molecule has 5 heteroatoms. The summed E-state index contributed by atoms with van der Waals surface area (Å²) < 4.78 is 10.7. The minimum atomic E-state index is -0.485. The fraction of sp³-hybridized carbons (Fsp3) is 0.500. The Kier molecular flexibility index (Phi) is 5.05. The topological polar surface area (TPSA) is 47.6 Å². The van der Waals surface area contributed by atoms with Crippen LogP contribution in [0.15, 0.2) is 24.3 Å². The molecule has 19 heavy (non-hydrogen) atoms. The molecule has 1 fully saturated rings. The third-order valence-corrected chi connectivity index (χ3v) is 3.26. The van der Waals surface area contributed by atoms with Gasteiger partial charge >= 0.3 is 5.97 Å². The van der Waals surface area contributed by atoms with Gasteiger partial charge in [0.1, 0.15) is 0 Å². The van der Waals surface area contributed by atoms with Crippen LogP contribution in [0.3, 0.4) is 0 Å². The van der Waals surface area contributed by atoms with Crippen LogP contribution in [0.25, 0.3) is 0 Å². The van der Waals surface area contributed by atoms with E-state index in [2.05, 4.69) is 5.32 Å². The summed E-state index contributed by atoms with van der Waals surface area (Å²) in [7, 11) is 0. The van der Waals surface area contributed by atoms with Crippen molar-refractivity contribution in [1.82, 2.24) is 0 Å². The molecule has 2 rings (SSSR count). The van der Waals surface area contributed by atoms with E-state index in [9.17, 15) is 4.79 Å². The maximum absolute atomic E-state index is 12.0. The van der Waals surface area contributed by atoms with Crippen molar-refractivity contribution in [3.8, 4) is 0 Å². The molecule has 0 aromatic heterocycles. The van der Waals surface area contributed by atoms with Gasteiger partial charge in [-0.3, -0.25) is 0 Å². The van der Waals surface area contributed by atoms with Gasteiger partial charge in [0.05, 0.1) is 12.7 Å². The average Bonchev–Trinajstić information content (AvgIpc) is 2.90. The molecular weight excluding hydrogens is 266 g/mol. The largest absolute Gasteiger partial charge is 0.464 e. The van der Waals surface area contributed by atoms with E-state index in [1.54, 1.807) is 19.1 Å². The lowest BCUT2D eigenvalue weighted by atomic mass is 10.1. The number of ether oxygens (including phenoxy) is 2. The minimum absolute atomic E-state index is 0.141. The number of rotatable bonds is 5. The number of hydrogen-bond donors (Lipinski definition) is 1. The van der Waals surface area contributed by atoms with E-state index in [4.69, 9.17) is 21.1 Å². The molecular formula is C14H18ClNO3. The molecule has 1 N–H and O–H groups in total. The number of nitrogens with one attached hydrogen (secondary N) is 1. The Hall–Kier alpha value is -1.26. The van der Waals surface area contributed by atoms with Gasteiger partial charge in [0, 0.05) is 17.3 Å². The Bertz CT molecular complexity index is 432. The predicted octanol–water partition coefficient (Wildman–Crippen LogP) is 2.86. The smallest absolute Gasteiger partial charge is 0.331 e. The molecule has 1 aromatic carbocycles. The van der Waals surface area contributed by atoms with Crippen LogP contribution in [0.2, 0.25) is 5.02 Å². The SMILES string of the molecule is CCOC(=O)[C@@H](Nc1cccc(Cl)c1)C1CCCO1. The molecule has 1 aliphatic heterocycles. The summed E-state index contributed by atoms with van der Waals surface area (Å²) in [5.41, 5.74) is 0.793. The van der Waals surface area contributed by atoms with Gasteiger partial charge in [-0.05, 0) is 38.0 Å². The molecule has 0 bridgehead atoms. The highest BCUT2D eigenvalue weighted by Gasteiger charge is 2.32. The van der Waals surface area contributed by atoms with Gasteiger partial charge in [-0.15, -0.1) is 0 Å². The van der Waals surface area contributed by atoms with E-state index < -0.39 is 6.04 Å². The molecule has 4 nitrogen and oxygen atoms in total. The van der Waals surface area contributed by atoms with Gasteiger partial charge in [-0.2, -0.15) is 0 Å². The van der Waals surface area contributed by atoms with E-state index in [1.807, 2.05) is 12.1 Å². The van der Waals surface area contributed by atoms with Crippen molar-refractivity contribution in [2.45, 2.75) is 31.9 Å². The van der Waals surface area contributed by atoms with E-state index in [0.717, 1.165) is 18.5 Å². The monoisotopic (exact) mass is 283 g/mol. The second-order valence-corrected chi connectivity index (χ2v) is 4.87. The lowest BCUT2D eigenvalue weighted by Crippen LogP contribution is -2.41. The van der Waals surface area contributed by atoms with Crippen LogP contribution in [0, 0.1) is 0 Å². The first-order valence-electron chi connectivity index (χ1n) is 6.51. The molecule has 2 atom stereocenters. The second-order valence-electron chi connectivity index (χ2n) is 4.44. The van der Waals surface area contributed by atoms with Crippen LogP contribution in [-0.4, -0.2) is 31.3 Å². The van der Waals surface area contributed by atoms with Crippen LogP contribution in [0.1, 0.15) is 19.8 Å². The zero-order valence-corrected chi connectivity index (χ0v) is 11.7. The first-order chi connectivity index (χ1) is 9.20. The Labute approximate surface area is 118 Å². The Morgan fingerprint density at radius 3 is 3.11 bits per heavy atom. The zero-order valence-electron chi connectivity index (χ0n) is 10.9. The lowest BCUT2D eigenvalue weighted by molar-refractivity contribution is -0.146. The summed E-state index contributed by atoms with van der Waals surface area (Å²) in [5.74, 6) is -0.283. The van der Waals surface area contributed by atoms with Crippen molar-refractivity contribution >= 4 is 23.3 Å². The van der Waals surface area contributed by atoms with Crippen molar-refractivity contribution in [1.29, 1.82) is 0 Å². The second kappa shape index (κ2) is 6.78. The molecule has 1 saturated heterocycles. The van der Waals surface area contributed by atoms with Crippen LogP contribution in [-0.2, 0) is 14.3 Å². The number of carbonyl (C=O) groups is 1. The van der Waals surface area contributed by atoms with Gasteiger partial charge in [0.2, 0.25) is 0 Å². The molecule has 0 radical (unpaired) electrons. The highest BCUT2D eigenvalue weighted by atomic mass is 35.5. The molecule has 1 unspecified atom stereocenters. The van der Waals surface area contributed by atoms with E-state index >= 15 is 0 Å². The van der Waals surface area contributed by atoms with E-state index in [-0.39, 0.29) is 12.1 Å². The fourth-order valence-corrected chi connectivity index (χ4v) is 2.35. The highest BCUT2D eigenvalue weighted by molar-refractivity contribution is 6.30. The van der Waals surface area contributed by atoms with E-state index in [1.165, 1.54) is 0 Å². The van der Waals surface area contributed by atoms with Gasteiger partial charge < -0.3 is 14.8 Å². The quantitative estimate of drug-likeness (QED) is 0.844. The lowest BCUT2D eigenvalue weighted by Gasteiger charge is -2.23. The van der Waals surface area contributed by atoms with Crippen molar-refractivity contribution in [2.75, 3.05) is 18.5 Å². The van der Waals surface area contributed by atoms with Gasteiger partial charge in [0.15, 0.2) is 6.04 Å². The maximum Gasteiger partial charge on any atom is 0.331 e. The molecule has 0 aliphatic carbocycles. The summed E-state index contributed by atoms with van der Waals surface area (Å²) >= 11 is 5.94. The first-order valence-corrected chi connectivity index (χ1v) is 6.89. The third kappa shape index (κ3) is 3.85. The normalized spacial score (nSPS) is 20.0. The molecule has 0 amide bonds. The van der Waals surface area contributed by atoms with Crippen LogP contribution in [0.4, 0.5) is 5.69 Å². The van der Waals surface area contributed by atoms with E-state index in [0.29, 0.717) is 18.2 Å². The summed E-state index contributed by atoms with van der Waals surface area (Å²) in [6.45, 7) is 2.85. The summed E-state index contributed by atoms with van der Waals surface area (Å²) in [6, 6.07) is 6.79. The van der Waals surface area contributed by atoms with Crippen molar-refractivity contribution in [3.63, 3.8) is 0 Å². The standard InChI is InChI=1S/C14H18ClNO3/c1-2-18-14(17)13(12-7-4-8-19-12)16-11-6-3-5-10(15)9-11/h3,5-6,9,12-13,16H,2,4,7-8H2,1H3/t12?,13-/m0/s1. The molecule has 0 saturated carbocycles. The maximum atomic E-state index is 12.0. The number of carbonyl (C=O) groups excluding carboxylic acids is 1. The number of hydrogen-bond acceptors (Lipinski definition) is 4. The van der Waals surface area contributed by atoms with Crippen LogP contribution < -0.4 is 5.32 Å². The molecule has 1 aromatic rings. The Morgan fingerprint density at radius 2 is 2.47 bits per heavy atom. The van der Waals surface area contributed by atoms with Gasteiger partial charge in [0.25, 0.3) is 0 Å². The first kappa shape index (κ1) is 14.2. The van der Waals surface area contributed by atoms with Crippen molar-refractivity contribution < 1.29 is 14.3 Å². The summed E-state index contributed by atoms with van der Waals surface area (Å²) in [5, 5.41) is 3.79. The predicted molar refractivity (Wildman–Crippen MR) is 74.5 cm³/mol. The third-order valence-electron chi connectivity index (χ3n) is 3.02.